The van der Waals surface area contributed by atoms with E-state index < -0.39 is 6.03 Å². The molecule has 0 radical (unpaired) electrons. The maximum absolute atomic E-state index is 11.4. The topological polar surface area (TPSA) is 132 Å². The molecule has 2 amide bonds. The molecule has 1 saturated heterocycles. The van der Waals surface area contributed by atoms with E-state index in [4.69, 9.17) is 11.5 Å². The molecule has 1 fully saturated rings. The molecule has 2 heterocycles. The first-order valence-electron chi connectivity index (χ1n) is 8.07. The molecule has 25 heavy (non-hydrogen) atoms. The first-order valence-corrected chi connectivity index (χ1v) is 8.07. The van der Waals surface area contributed by atoms with Gasteiger partial charge in [-0.05, 0) is 31.0 Å². The minimum absolute atomic E-state index is 0.0817. The number of nitrogens with two attached hydrogens (primary N) is 2. The fourth-order valence-corrected chi connectivity index (χ4v) is 3.05. The van der Waals surface area contributed by atoms with Crippen molar-refractivity contribution < 1.29 is 14.6 Å². The van der Waals surface area contributed by atoms with E-state index in [9.17, 15) is 9.90 Å². The number of anilines is 2. The molecule has 1 unspecified atom stereocenters. The Bertz CT molecular complexity index is 785. The van der Waals surface area contributed by atoms with Crippen LogP contribution in [0.5, 0.6) is 0 Å². The number of nitrogens with zero attached hydrogens (tertiary/aromatic N) is 4. The monoisotopic (exact) mass is 344 g/mol. The number of rotatable bonds is 4. The number of hydrazone groups is 1. The van der Waals surface area contributed by atoms with E-state index in [1.54, 1.807) is 19.3 Å². The summed E-state index contributed by atoms with van der Waals surface area (Å²) in [6.45, 7) is 0.949. The second kappa shape index (κ2) is 6.89. The van der Waals surface area contributed by atoms with Crippen molar-refractivity contribution in [2.24, 2.45) is 21.6 Å². The molecule has 0 aromatic heterocycles. The average Bonchev–Trinajstić information content (AvgIpc) is 3.17. The number of nitrogens with one attached hydrogen (secondary N) is 1. The van der Waals surface area contributed by atoms with Crippen LogP contribution in [0.4, 0.5) is 21.9 Å². The lowest BCUT2D eigenvalue weighted by atomic mass is 10.2. The molecule has 2 aliphatic heterocycles. The number of hydrogen-bond acceptors (Lipinski definition) is 6. The van der Waals surface area contributed by atoms with Crippen molar-refractivity contribution in [3.63, 3.8) is 0 Å². The van der Waals surface area contributed by atoms with Crippen molar-refractivity contribution in [3.05, 3.63) is 18.2 Å². The van der Waals surface area contributed by atoms with Crippen LogP contribution >= 0.6 is 0 Å². The summed E-state index contributed by atoms with van der Waals surface area (Å²) in [6, 6.07) is 4.92. The van der Waals surface area contributed by atoms with Gasteiger partial charge in [-0.3, -0.25) is 5.73 Å². The zero-order valence-corrected chi connectivity index (χ0v) is 14.0. The molecule has 0 bridgehead atoms. The Morgan fingerprint density at radius 3 is 3.00 bits per heavy atom. The van der Waals surface area contributed by atoms with E-state index in [0.717, 1.165) is 25.1 Å². The molecule has 1 atom stereocenters. The predicted molar refractivity (Wildman–Crippen MR) is 98.1 cm³/mol. The minimum atomic E-state index is -0.673. The summed E-state index contributed by atoms with van der Waals surface area (Å²) in [7, 11) is 1.72. The molecule has 0 spiro atoms. The Morgan fingerprint density at radius 1 is 1.56 bits per heavy atom. The van der Waals surface area contributed by atoms with E-state index in [0.29, 0.717) is 22.9 Å². The SMILES string of the molecule is C[N+]1=C(N)C(=Nc2ccc(N3CCCC3CO)cc2NC(N)=O)C=N1. The van der Waals surface area contributed by atoms with Gasteiger partial charge in [0.15, 0.2) is 5.71 Å². The summed E-state index contributed by atoms with van der Waals surface area (Å²) in [5, 5.41) is 16.2. The number of primary amides is 1. The third kappa shape index (κ3) is 3.45. The molecular weight excluding hydrogens is 322 g/mol. The number of amidine groups is 1. The Morgan fingerprint density at radius 2 is 2.36 bits per heavy atom. The summed E-state index contributed by atoms with van der Waals surface area (Å²) in [6.07, 6.45) is 3.51. The predicted octanol–water partition coefficient (Wildman–Crippen LogP) is 0.210. The zero-order chi connectivity index (χ0) is 18.0. The van der Waals surface area contributed by atoms with E-state index in [2.05, 4.69) is 20.3 Å². The molecule has 0 aliphatic carbocycles. The number of hydrogen-bond donors (Lipinski definition) is 4. The van der Waals surface area contributed by atoms with Crippen molar-refractivity contribution >= 4 is 40.9 Å². The normalized spacial score (nSPS) is 21.4. The van der Waals surface area contributed by atoms with Crippen LogP contribution in [0.3, 0.4) is 0 Å². The summed E-state index contributed by atoms with van der Waals surface area (Å²) < 4.78 is 1.52. The Labute approximate surface area is 145 Å². The number of aliphatic imine (C=N–C) groups is 1. The van der Waals surface area contributed by atoms with Crippen molar-refractivity contribution in [3.8, 4) is 0 Å². The number of carbonyl (C=O) groups excluding carboxylic acids is 1. The molecule has 9 heteroatoms. The van der Waals surface area contributed by atoms with Gasteiger partial charge in [0.2, 0.25) is 0 Å². The average molecular weight is 344 g/mol. The van der Waals surface area contributed by atoms with Crippen LogP contribution in [0.2, 0.25) is 0 Å². The minimum Gasteiger partial charge on any atom is -0.394 e. The number of aliphatic hydroxyl groups is 1. The largest absolute Gasteiger partial charge is 0.394 e. The quantitative estimate of drug-likeness (QED) is 0.581. The van der Waals surface area contributed by atoms with Gasteiger partial charge in [0.1, 0.15) is 13.3 Å². The van der Waals surface area contributed by atoms with Gasteiger partial charge in [0.05, 0.1) is 24.0 Å². The number of benzene rings is 1. The highest BCUT2D eigenvalue weighted by atomic mass is 16.3. The van der Waals surface area contributed by atoms with Crippen molar-refractivity contribution in [1.29, 1.82) is 0 Å². The van der Waals surface area contributed by atoms with Crippen LogP contribution in [-0.4, -0.2) is 59.8 Å². The molecular formula is C16H22N7O2+. The van der Waals surface area contributed by atoms with E-state index in [1.165, 1.54) is 4.68 Å². The van der Waals surface area contributed by atoms with Gasteiger partial charge in [-0.15, -0.1) is 4.68 Å². The summed E-state index contributed by atoms with van der Waals surface area (Å²) in [4.78, 5) is 18.0. The van der Waals surface area contributed by atoms with Crippen molar-refractivity contribution in [2.45, 2.75) is 18.9 Å². The van der Waals surface area contributed by atoms with E-state index in [-0.39, 0.29) is 12.6 Å². The smallest absolute Gasteiger partial charge is 0.320 e. The molecule has 132 valence electrons. The summed E-state index contributed by atoms with van der Waals surface area (Å²) in [5.41, 5.74) is 13.6. The molecule has 1 aromatic carbocycles. The fraction of sp³-hybridized carbons (Fsp3) is 0.375. The number of amides is 2. The lowest BCUT2D eigenvalue weighted by molar-refractivity contribution is -0.498. The highest BCUT2D eigenvalue weighted by Gasteiger charge is 2.25. The van der Waals surface area contributed by atoms with Gasteiger partial charge < -0.3 is 21.1 Å². The van der Waals surface area contributed by atoms with E-state index >= 15 is 0 Å². The van der Waals surface area contributed by atoms with Crippen LogP contribution in [-0.2, 0) is 0 Å². The second-order valence-corrected chi connectivity index (χ2v) is 6.01. The molecule has 6 N–H and O–H groups in total. The van der Waals surface area contributed by atoms with Gasteiger partial charge in [-0.1, -0.05) is 5.10 Å². The van der Waals surface area contributed by atoms with Crippen molar-refractivity contribution in [2.75, 3.05) is 30.4 Å². The Balaban J connectivity index is 1.98. The third-order valence-electron chi connectivity index (χ3n) is 4.36. The van der Waals surface area contributed by atoms with E-state index in [1.807, 2.05) is 12.1 Å². The number of urea groups is 1. The van der Waals surface area contributed by atoms with Crippen LogP contribution in [0.1, 0.15) is 12.8 Å². The highest BCUT2D eigenvalue weighted by Crippen LogP contribution is 2.33. The Kier molecular flexibility index (Phi) is 4.66. The molecule has 3 rings (SSSR count). The third-order valence-corrected chi connectivity index (χ3v) is 4.36. The maximum atomic E-state index is 11.4. The lowest BCUT2D eigenvalue weighted by Gasteiger charge is -2.26. The van der Waals surface area contributed by atoms with Gasteiger partial charge in [-0.25, -0.2) is 9.79 Å². The van der Waals surface area contributed by atoms with Gasteiger partial charge in [-0.2, -0.15) is 0 Å². The lowest BCUT2D eigenvalue weighted by Crippen LogP contribution is -2.32. The number of aliphatic hydroxyl groups excluding tert-OH is 1. The standard InChI is InChI=1S/C16H21N7O2/c1-22-15(17)14(8-19-22)20-12-5-4-10(7-13(12)21-16(18)25)23-6-2-3-11(23)9-24/h4-5,7-8,11,24H,2-3,6,9H2,1H3,(H4,17,18,19,21,25)/p+1. The fourth-order valence-electron chi connectivity index (χ4n) is 3.05. The Hall–Kier alpha value is -2.94. The van der Waals surface area contributed by atoms with Crippen LogP contribution in [0.15, 0.2) is 28.3 Å². The van der Waals surface area contributed by atoms with Crippen LogP contribution in [0.25, 0.3) is 0 Å². The van der Waals surface area contributed by atoms with Crippen LogP contribution < -0.4 is 21.7 Å². The summed E-state index contributed by atoms with van der Waals surface area (Å²) in [5.74, 6) is 0.425. The second-order valence-electron chi connectivity index (χ2n) is 6.01. The van der Waals surface area contributed by atoms with Gasteiger partial charge >= 0.3 is 11.9 Å². The molecule has 1 aromatic rings. The zero-order valence-electron chi connectivity index (χ0n) is 14.0. The molecule has 9 nitrogen and oxygen atoms in total. The maximum Gasteiger partial charge on any atom is 0.320 e. The van der Waals surface area contributed by atoms with Crippen molar-refractivity contribution in [1.82, 2.24) is 0 Å². The summed E-state index contributed by atoms with van der Waals surface area (Å²) >= 11 is 0. The molecule has 0 saturated carbocycles. The van der Waals surface area contributed by atoms with Crippen LogP contribution in [0, 0.1) is 0 Å². The first kappa shape index (κ1) is 16.9. The highest BCUT2D eigenvalue weighted by molar-refractivity contribution is 6.62. The van der Waals surface area contributed by atoms with Gasteiger partial charge in [0, 0.05) is 12.2 Å². The molecule has 2 aliphatic rings. The first-order chi connectivity index (χ1) is 12.0. The van der Waals surface area contributed by atoms with Gasteiger partial charge in [0.25, 0.3) is 0 Å². The number of carbonyl (C=O) groups is 1.